The molecule has 0 bridgehead atoms. The molecular formula is C16H23NO3. The molecule has 1 aromatic carbocycles. The number of hydrogen-bond acceptors (Lipinski definition) is 4. The third-order valence-electron chi connectivity index (χ3n) is 3.68. The maximum Gasteiger partial charge on any atom is 0.326 e. The van der Waals surface area contributed by atoms with E-state index < -0.39 is 5.54 Å². The molecule has 110 valence electrons. The molecule has 2 N–H and O–H groups in total. The number of nitrogens with one attached hydrogen (secondary N) is 1. The zero-order valence-corrected chi connectivity index (χ0v) is 12.2. The lowest BCUT2D eigenvalue weighted by Gasteiger charge is -2.28. The van der Waals surface area contributed by atoms with Crippen LogP contribution < -0.4 is 5.32 Å². The van der Waals surface area contributed by atoms with Crippen LogP contribution in [0.2, 0.25) is 0 Å². The highest BCUT2D eigenvalue weighted by Crippen LogP contribution is 2.26. The summed E-state index contributed by atoms with van der Waals surface area (Å²) in [6, 6.07) is 7.57. The van der Waals surface area contributed by atoms with Crippen LogP contribution in [0.1, 0.15) is 38.7 Å². The number of hydrogen-bond donors (Lipinski definition) is 2. The second-order valence-electron chi connectivity index (χ2n) is 5.64. The van der Waals surface area contributed by atoms with Gasteiger partial charge in [0.05, 0.1) is 6.61 Å². The minimum absolute atomic E-state index is 0.175. The number of carbonyl (C=O) groups is 1. The topological polar surface area (TPSA) is 58.6 Å². The largest absolute Gasteiger partial charge is 0.508 e. The molecule has 1 aromatic rings. The number of ether oxygens (including phenoxy) is 1. The van der Waals surface area contributed by atoms with Crippen LogP contribution >= 0.6 is 0 Å². The fraction of sp³-hybridized carbons (Fsp3) is 0.562. The summed E-state index contributed by atoms with van der Waals surface area (Å²) in [7, 11) is 0. The van der Waals surface area contributed by atoms with Crippen LogP contribution in [0.25, 0.3) is 0 Å². The summed E-state index contributed by atoms with van der Waals surface area (Å²) in [6.45, 7) is 4.15. The molecule has 0 aromatic heterocycles. The van der Waals surface area contributed by atoms with Crippen molar-refractivity contribution in [3.8, 4) is 5.75 Å². The van der Waals surface area contributed by atoms with Gasteiger partial charge in [0.15, 0.2) is 0 Å². The lowest BCUT2D eigenvalue weighted by atomic mass is 9.93. The summed E-state index contributed by atoms with van der Waals surface area (Å²) < 4.78 is 5.20. The Kier molecular flexibility index (Phi) is 4.65. The van der Waals surface area contributed by atoms with Gasteiger partial charge in [-0.2, -0.15) is 0 Å². The molecule has 0 aliphatic heterocycles. The first-order chi connectivity index (χ1) is 9.53. The Morgan fingerprint density at radius 2 is 2.05 bits per heavy atom. The molecule has 0 spiro atoms. The first kappa shape index (κ1) is 14.9. The molecule has 4 nitrogen and oxygen atoms in total. The molecule has 1 saturated carbocycles. The van der Waals surface area contributed by atoms with E-state index in [1.165, 1.54) is 0 Å². The van der Waals surface area contributed by atoms with E-state index in [4.69, 9.17) is 4.74 Å². The molecule has 1 atom stereocenters. The number of carbonyl (C=O) groups excluding carboxylic acids is 1. The van der Waals surface area contributed by atoms with Crippen LogP contribution in [0.5, 0.6) is 5.75 Å². The first-order valence-electron chi connectivity index (χ1n) is 7.26. The average Bonchev–Trinajstić information content (AvgIpc) is 3.22. The minimum Gasteiger partial charge on any atom is -0.508 e. The van der Waals surface area contributed by atoms with Gasteiger partial charge in [-0.25, -0.2) is 0 Å². The van der Waals surface area contributed by atoms with Gasteiger partial charge in [-0.1, -0.05) is 12.1 Å². The molecule has 1 aliphatic carbocycles. The van der Waals surface area contributed by atoms with Gasteiger partial charge in [-0.15, -0.1) is 0 Å². The zero-order valence-electron chi connectivity index (χ0n) is 12.2. The van der Waals surface area contributed by atoms with Crippen molar-refractivity contribution >= 4 is 5.97 Å². The highest BCUT2D eigenvalue weighted by molar-refractivity contribution is 5.80. The van der Waals surface area contributed by atoms with Gasteiger partial charge >= 0.3 is 5.97 Å². The number of phenols is 1. The van der Waals surface area contributed by atoms with Crippen LogP contribution in [-0.2, 0) is 16.0 Å². The maximum absolute atomic E-state index is 12.2. The Bertz CT molecular complexity index is 453. The van der Waals surface area contributed by atoms with Crippen LogP contribution in [0, 0.1) is 0 Å². The van der Waals surface area contributed by atoms with Crippen molar-refractivity contribution in [1.82, 2.24) is 5.32 Å². The number of esters is 1. The number of benzene rings is 1. The van der Waals surface area contributed by atoms with E-state index in [9.17, 15) is 9.90 Å². The number of rotatable bonds is 7. The normalized spacial score (nSPS) is 17.5. The maximum atomic E-state index is 12.2. The van der Waals surface area contributed by atoms with E-state index in [1.807, 2.05) is 26.0 Å². The second kappa shape index (κ2) is 6.27. The van der Waals surface area contributed by atoms with E-state index in [-0.39, 0.29) is 11.7 Å². The van der Waals surface area contributed by atoms with Gasteiger partial charge in [-0.3, -0.25) is 10.1 Å². The molecule has 2 rings (SSSR count). The Morgan fingerprint density at radius 1 is 1.40 bits per heavy atom. The molecule has 0 saturated heterocycles. The van der Waals surface area contributed by atoms with Crippen molar-refractivity contribution in [1.29, 1.82) is 0 Å². The van der Waals surface area contributed by atoms with Crippen molar-refractivity contribution in [2.45, 2.75) is 51.1 Å². The van der Waals surface area contributed by atoms with E-state index in [2.05, 4.69) is 5.32 Å². The fourth-order valence-corrected chi connectivity index (χ4v) is 2.26. The molecular weight excluding hydrogens is 254 g/mol. The van der Waals surface area contributed by atoms with Crippen molar-refractivity contribution in [3.05, 3.63) is 29.8 Å². The summed E-state index contributed by atoms with van der Waals surface area (Å²) in [5, 5.41) is 12.7. The molecule has 1 aliphatic rings. The van der Waals surface area contributed by atoms with Gasteiger partial charge in [0.25, 0.3) is 0 Å². The third-order valence-corrected chi connectivity index (χ3v) is 3.68. The molecule has 0 radical (unpaired) electrons. The molecule has 1 unspecified atom stereocenters. The fourth-order valence-electron chi connectivity index (χ4n) is 2.26. The molecule has 20 heavy (non-hydrogen) atoms. The Balaban J connectivity index is 1.99. The van der Waals surface area contributed by atoms with Crippen molar-refractivity contribution < 1.29 is 14.6 Å². The van der Waals surface area contributed by atoms with Gasteiger partial charge in [-0.05, 0) is 57.2 Å². The quantitative estimate of drug-likeness (QED) is 0.751. The zero-order chi connectivity index (χ0) is 14.6. The lowest BCUT2D eigenvalue weighted by molar-refractivity contribution is -0.150. The minimum atomic E-state index is -0.630. The number of aryl methyl sites for hydroxylation is 1. The first-order valence-corrected chi connectivity index (χ1v) is 7.26. The number of phenolic OH excluding ortho intramolecular Hbond substituents is 1. The summed E-state index contributed by atoms with van der Waals surface area (Å²) in [5.41, 5.74) is 0.477. The van der Waals surface area contributed by atoms with E-state index >= 15 is 0 Å². The molecule has 0 heterocycles. The van der Waals surface area contributed by atoms with E-state index in [0.717, 1.165) is 24.8 Å². The van der Waals surface area contributed by atoms with Crippen LogP contribution in [-0.4, -0.2) is 29.3 Å². The third kappa shape index (κ3) is 3.97. The van der Waals surface area contributed by atoms with Crippen molar-refractivity contribution in [2.75, 3.05) is 6.61 Å². The summed E-state index contributed by atoms with van der Waals surface area (Å²) in [5.74, 6) is 0.0867. The standard InChI is InChI=1S/C16H23NO3/c1-3-20-15(19)16(2,17-13-6-7-13)11-10-12-4-8-14(18)9-5-12/h4-5,8-9,13,17-18H,3,6-7,10-11H2,1-2H3. The summed E-state index contributed by atoms with van der Waals surface area (Å²) >= 11 is 0. The molecule has 4 heteroatoms. The second-order valence-corrected chi connectivity index (χ2v) is 5.64. The van der Waals surface area contributed by atoms with Gasteiger partial charge in [0, 0.05) is 6.04 Å². The Labute approximate surface area is 120 Å². The Hall–Kier alpha value is -1.55. The smallest absolute Gasteiger partial charge is 0.326 e. The summed E-state index contributed by atoms with van der Waals surface area (Å²) in [6.07, 6.45) is 3.73. The van der Waals surface area contributed by atoms with Gasteiger partial charge in [0.1, 0.15) is 11.3 Å². The molecule has 1 fully saturated rings. The van der Waals surface area contributed by atoms with Crippen molar-refractivity contribution in [2.24, 2.45) is 0 Å². The molecule has 0 amide bonds. The van der Waals surface area contributed by atoms with Crippen LogP contribution in [0.3, 0.4) is 0 Å². The average molecular weight is 277 g/mol. The predicted octanol–water partition coefficient (Wildman–Crippen LogP) is 2.40. The van der Waals surface area contributed by atoms with Gasteiger partial charge < -0.3 is 9.84 Å². The lowest BCUT2D eigenvalue weighted by Crippen LogP contribution is -2.51. The van der Waals surface area contributed by atoms with Crippen LogP contribution in [0.4, 0.5) is 0 Å². The predicted molar refractivity (Wildman–Crippen MR) is 77.6 cm³/mol. The Morgan fingerprint density at radius 3 is 2.60 bits per heavy atom. The van der Waals surface area contributed by atoms with E-state index in [0.29, 0.717) is 19.1 Å². The highest BCUT2D eigenvalue weighted by atomic mass is 16.5. The number of aromatic hydroxyl groups is 1. The van der Waals surface area contributed by atoms with E-state index in [1.54, 1.807) is 12.1 Å². The van der Waals surface area contributed by atoms with Gasteiger partial charge in [0.2, 0.25) is 0 Å². The highest BCUT2D eigenvalue weighted by Gasteiger charge is 2.39. The van der Waals surface area contributed by atoms with Crippen molar-refractivity contribution in [3.63, 3.8) is 0 Å². The monoisotopic (exact) mass is 277 g/mol. The van der Waals surface area contributed by atoms with Crippen LogP contribution in [0.15, 0.2) is 24.3 Å². The SMILES string of the molecule is CCOC(=O)C(C)(CCc1ccc(O)cc1)NC1CC1. The summed E-state index contributed by atoms with van der Waals surface area (Å²) in [4.78, 5) is 12.2.